The maximum Gasteiger partial charge on any atom is 0.134 e. The van der Waals surface area contributed by atoms with Gasteiger partial charge in [0, 0.05) is 24.2 Å². The minimum absolute atomic E-state index is 0.589. The molecule has 1 fully saturated rings. The van der Waals surface area contributed by atoms with Gasteiger partial charge in [0.2, 0.25) is 0 Å². The van der Waals surface area contributed by atoms with Gasteiger partial charge in [-0.25, -0.2) is 9.97 Å². The summed E-state index contributed by atoms with van der Waals surface area (Å²) in [6, 6.07) is 2.04. The lowest BCUT2D eigenvalue weighted by atomic mass is 9.88. The standard InChI is InChI=1S/C14H23N3/c1-3-9-15-13-10-11(2)16-14(17-13)12-7-5-4-6-8-12/h10,12H,3-9H2,1-2H3,(H,15,16,17). The number of hydrogen-bond donors (Lipinski definition) is 1. The molecule has 94 valence electrons. The quantitative estimate of drug-likeness (QED) is 0.862. The van der Waals surface area contributed by atoms with Gasteiger partial charge >= 0.3 is 0 Å². The summed E-state index contributed by atoms with van der Waals surface area (Å²) in [5, 5.41) is 3.36. The molecule has 0 spiro atoms. The van der Waals surface area contributed by atoms with Crippen LogP contribution in [-0.2, 0) is 0 Å². The monoisotopic (exact) mass is 233 g/mol. The maximum absolute atomic E-state index is 4.67. The predicted molar refractivity (Wildman–Crippen MR) is 71.4 cm³/mol. The highest BCUT2D eigenvalue weighted by Gasteiger charge is 2.18. The fourth-order valence-electron chi connectivity index (χ4n) is 2.48. The molecule has 1 aromatic heterocycles. The third-order valence-corrected chi connectivity index (χ3v) is 3.40. The molecule has 0 radical (unpaired) electrons. The van der Waals surface area contributed by atoms with Crippen molar-refractivity contribution in [2.45, 2.75) is 58.3 Å². The molecule has 1 saturated carbocycles. The van der Waals surface area contributed by atoms with Crippen LogP contribution in [0, 0.1) is 6.92 Å². The van der Waals surface area contributed by atoms with Gasteiger partial charge in [-0.1, -0.05) is 26.2 Å². The van der Waals surface area contributed by atoms with E-state index in [-0.39, 0.29) is 0 Å². The Bertz CT molecular complexity index is 356. The first-order valence-corrected chi connectivity index (χ1v) is 6.89. The Hall–Kier alpha value is -1.12. The normalized spacial score (nSPS) is 17.1. The predicted octanol–water partition coefficient (Wildman–Crippen LogP) is 3.65. The van der Waals surface area contributed by atoms with Crippen molar-refractivity contribution in [3.05, 3.63) is 17.6 Å². The zero-order valence-corrected chi connectivity index (χ0v) is 11.0. The van der Waals surface area contributed by atoms with Gasteiger partial charge in [0.05, 0.1) is 0 Å². The molecule has 0 bridgehead atoms. The highest BCUT2D eigenvalue weighted by Crippen LogP contribution is 2.31. The third kappa shape index (κ3) is 3.42. The zero-order valence-electron chi connectivity index (χ0n) is 11.0. The molecule has 1 heterocycles. The molecule has 1 N–H and O–H groups in total. The molecule has 0 saturated heterocycles. The number of anilines is 1. The van der Waals surface area contributed by atoms with Crippen molar-refractivity contribution < 1.29 is 0 Å². The first-order valence-electron chi connectivity index (χ1n) is 6.89. The van der Waals surface area contributed by atoms with Gasteiger partial charge in [-0.15, -0.1) is 0 Å². The molecule has 3 nitrogen and oxygen atoms in total. The van der Waals surface area contributed by atoms with Crippen molar-refractivity contribution in [2.75, 3.05) is 11.9 Å². The Labute approximate surface area is 104 Å². The molecule has 2 rings (SSSR count). The summed E-state index contributed by atoms with van der Waals surface area (Å²) in [6.45, 7) is 5.22. The topological polar surface area (TPSA) is 37.8 Å². The van der Waals surface area contributed by atoms with Gasteiger partial charge in [-0.05, 0) is 26.2 Å². The van der Waals surface area contributed by atoms with Crippen molar-refractivity contribution in [2.24, 2.45) is 0 Å². The van der Waals surface area contributed by atoms with E-state index in [0.29, 0.717) is 5.92 Å². The van der Waals surface area contributed by atoms with Crippen LogP contribution in [0.3, 0.4) is 0 Å². The second-order valence-corrected chi connectivity index (χ2v) is 5.01. The Morgan fingerprint density at radius 1 is 1.24 bits per heavy atom. The molecular formula is C14H23N3. The van der Waals surface area contributed by atoms with E-state index in [1.54, 1.807) is 0 Å². The Balaban J connectivity index is 2.12. The Kier molecular flexibility index (Phi) is 4.35. The minimum Gasteiger partial charge on any atom is -0.370 e. The Morgan fingerprint density at radius 3 is 2.71 bits per heavy atom. The number of aromatic nitrogens is 2. The van der Waals surface area contributed by atoms with Gasteiger partial charge in [-0.2, -0.15) is 0 Å². The summed E-state index contributed by atoms with van der Waals surface area (Å²) in [7, 11) is 0. The van der Waals surface area contributed by atoms with Crippen LogP contribution in [0.25, 0.3) is 0 Å². The summed E-state index contributed by atoms with van der Waals surface area (Å²) < 4.78 is 0. The molecule has 1 aliphatic carbocycles. The second-order valence-electron chi connectivity index (χ2n) is 5.01. The van der Waals surface area contributed by atoms with Crippen molar-refractivity contribution in [3.8, 4) is 0 Å². The van der Waals surface area contributed by atoms with Crippen molar-refractivity contribution >= 4 is 5.82 Å². The summed E-state index contributed by atoms with van der Waals surface area (Å²) in [4.78, 5) is 9.29. The van der Waals surface area contributed by atoms with Crippen LogP contribution in [0.4, 0.5) is 5.82 Å². The van der Waals surface area contributed by atoms with E-state index >= 15 is 0 Å². The van der Waals surface area contributed by atoms with Gasteiger partial charge < -0.3 is 5.32 Å². The van der Waals surface area contributed by atoms with Gasteiger partial charge in [0.1, 0.15) is 11.6 Å². The van der Waals surface area contributed by atoms with Crippen molar-refractivity contribution in [1.82, 2.24) is 9.97 Å². The van der Waals surface area contributed by atoms with E-state index in [1.165, 1.54) is 32.1 Å². The van der Waals surface area contributed by atoms with Gasteiger partial charge in [0.15, 0.2) is 0 Å². The number of hydrogen-bond acceptors (Lipinski definition) is 3. The maximum atomic E-state index is 4.67. The molecule has 0 atom stereocenters. The van der Waals surface area contributed by atoms with E-state index in [0.717, 1.165) is 30.3 Å². The largest absolute Gasteiger partial charge is 0.370 e. The van der Waals surface area contributed by atoms with E-state index in [1.807, 2.05) is 6.07 Å². The first kappa shape index (κ1) is 12.3. The zero-order chi connectivity index (χ0) is 12.1. The van der Waals surface area contributed by atoms with Gasteiger partial charge in [0.25, 0.3) is 0 Å². The van der Waals surface area contributed by atoms with Gasteiger partial charge in [-0.3, -0.25) is 0 Å². The summed E-state index contributed by atoms with van der Waals surface area (Å²) in [5.74, 6) is 2.65. The SMILES string of the molecule is CCCNc1cc(C)nc(C2CCCCC2)n1. The van der Waals surface area contributed by atoms with Crippen LogP contribution >= 0.6 is 0 Å². The molecule has 0 unspecified atom stereocenters. The lowest BCUT2D eigenvalue weighted by Gasteiger charge is -2.21. The highest BCUT2D eigenvalue weighted by molar-refractivity contribution is 5.36. The van der Waals surface area contributed by atoms with Crippen LogP contribution in [0.2, 0.25) is 0 Å². The molecule has 0 aromatic carbocycles. The van der Waals surface area contributed by atoms with E-state index in [9.17, 15) is 0 Å². The molecule has 3 heteroatoms. The van der Waals surface area contributed by atoms with E-state index in [4.69, 9.17) is 0 Å². The summed E-state index contributed by atoms with van der Waals surface area (Å²) >= 11 is 0. The summed E-state index contributed by atoms with van der Waals surface area (Å²) in [5.41, 5.74) is 1.08. The average Bonchev–Trinajstić information content (AvgIpc) is 2.37. The van der Waals surface area contributed by atoms with Crippen LogP contribution in [0.1, 0.15) is 62.9 Å². The lowest BCUT2D eigenvalue weighted by Crippen LogP contribution is -2.12. The molecule has 17 heavy (non-hydrogen) atoms. The first-order chi connectivity index (χ1) is 8.29. The highest BCUT2D eigenvalue weighted by atomic mass is 15.0. The van der Waals surface area contributed by atoms with Crippen LogP contribution in [-0.4, -0.2) is 16.5 Å². The smallest absolute Gasteiger partial charge is 0.134 e. The second kappa shape index (κ2) is 5.99. The molecular weight excluding hydrogens is 210 g/mol. The molecule has 1 aliphatic rings. The fourth-order valence-corrected chi connectivity index (χ4v) is 2.48. The van der Waals surface area contributed by atoms with E-state index < -0.39 is 0 Å². The number of aryl methyl sites for hydroxylation is 1. The van der Waals surface area contributed by atoms with Crippen LogP contribution in [0.5, 0.6) is 0 Å². The van der Waals surface area contributed by atoms with Crippen LogP contribution in [0.15, 0.2) is 6.07 Å². The summed E-state index contributed by atoms with van der Waals surface area (Å²) in [6.07, 6.45) is 7.69. The number of rotatable bonds is 4. The lowest BCUT2D eigenvalue weighted by molar-refractivity contribution is 0.428. The minimum atomic E-state index is 0.589. The molecule has 0 amide bonds. The fraction of sp³-hybridized carbons (Fsp3) is 0.714. The average molecular weight is 233 g/mol. The van der Waals surface area contributed by atoms with Crippen molar-refractivity contribution in [1.29, 1.82) is 0 Å². The van der Waals surface area contributed by atoms with Crippen molar-refractivity contribution in [3.63, 3.8) is 0 Å². The number of nitrogens with one attached hydrogen (secondary N) is 1. The third-order valence-electron chi connectivity index (χ3n) is 3.40. The molecule has 1 aromatic rings. The molecule has 0 aliphatic heterocycles. The Morgan fingerprint density at radius 2 is 2.00 bits per heavy atom. The van der Waals surface area contributed by atoms with E-state index in [2.05, 4.69) is 29.1 Å². The number of nitrogens with zero attached hydrogens (tertiary/aromatic N) is 2. The van der Waals surface area contributed by atoms with Crippen LogP contribution < -0.4 is 5.32 Å².